The summed E-state index contributed by atoms with van der Waals surface area (Å²) in [6.07, 6.45) is 1.40. The summed E-state index contributed by atoms with van der Waals surface area (Å²) in [6, 6.07) is 6.53. The van der Waals surface area contributed by atoms with Gasteiger partial charge in [0.15, 0.2) is 0 Å². The van der Waals surface area contributed by atoms with Gasteiger partial charge in [-0.1, -0.05) is 25.5 Å². The first kappa shape index (κ1) is 14.8. The lowest BCUT2D eigenvalue weighted by molar-refractivity contribution is -0.140. The van der Waals surface area contributed by atoms with Crippen molar-refractivity contribution in [2.75, 3.05) is 19.7 Å². The maximum atomic E-state index is 12.2. The Morgan fingerprint density at radius 1 is 1.60 bits per heavy atom. The molecule has 1 aliphatic rings. The highest BCUT2D eigenvalue weighted by molar-refractivity contribution is 5.81. The van der Waals surface area contributed by atoms with Gasteiger partial charge in [-0.2, -0.15) is 0 Å². The molecule has 1 aliphatic heterocycles. The molecule has 3 N–H and O–H groups in total. The number of carbonyl (C=O) groups is 1. The number of aromatic hydroxyl groups is 1. The fourth-order valence-corrected chi connectivity index (χ4v) is 2.45. The Bertz CT molecular complexity index is 464. The highest BCUT2D eigenvalue weighted by Gasteiger charge is 2.28. The lowest BCUT2D eigenvalue weighted by atomic mass is 10.1. The van der Waals surface area contributed by atoms with E-state index in [4.69, 9.17) is 10.5 Å². The van der Waals surface area contributed by atoms with Crippen LogP contribution in [0.2, 0.25) is 0 Å². The molecule has 5 nitrogen and oxygen atoms in total. The zero-order valence-electron chi connectivity index (χ0n) is 11.8. The molecule has 0 spiro atoms. The molecular formula is C15H22N2O3. The van der Waals surface area contributed by atoms with E-state index >= 15 is 0 Å². The third kappa shape index (κ3) is 3.49. The second-order valence-corrected chi connectivity index (χ2v) is 5.13. The molecule has 2 unspecified atom stereocenters. The number of carbonyl (C=O) groups excluding carboxylic acids is 1. The predicted octanol–water partition coefficient (Wildman–Crippen LogP) is 1.42. The van der Waals surface area contributed by atoms with Crippen LogP contribution in [0.1, 0.15) is 31.4 Å². The summed E-state index contributed by atoms with van der Waals surface area (Å²) < 4.78 is 5.69. The molecule has 0 bridgehead atoms. The molecule has 1 saturated heterocycles. The van der Waals surface area contributed by atoms with Crippen LogP contribution >= 0.6 is 0 Å². The minimum atomic E-state index is -0.428. The minimum absolute atomic E-state index is 0.0136. The average Bonchev–Trinajstić information content (AvgIpc) is 2.47. The van der Waals surface area contributed by atoms with Crippen molar-refractivity contribution >= 4 is 5.91 Å². The number of hydrogen-bond acceptors (Lipinski definition) is 4. The van der Waals surface area contributed by atoms with E-state index in [1.54, 1.807) is 23.1 Å². The molecular weight excluding hydrogens is 256 g/mol. The van der Waals surface area contributed by atoms with Crippen LogP contribution in [-0.4, -0.2) is 41.7 Å². The van der Waals surface area contributed by atoms with Crippen molar-refractivity contribution in [3.8, 4) is 5.75 Å². The Morgan fingerprint density at radius 2 is 2.40 bits per heavy atom. The third-order valence-electron chi connectivity index (χ3n) is 3.54. The lowest BCUT2D eigenvalue weighted by Crippen LogP contribution is -2.49. The molecule has 1 fully saturated rings. The summed E-state index contributed by atoms with van der Waals surface area (Å²) in [5.41, 5.74) is 6.78. The highest BCUT2D eigenvalue weighted by atomic mass is 16.5. The van der Waals surface area contributed by atoms with Crippen molar-refractivity contribution < 1.29 is 14.6 Å². The highest BCUT2D eigenvalue weighted by Crippen LogP contribution is 2.25. The van der Waals surface area contributed by atoms with Crippen molar-refractivity contribution in [2.45, 2.75) is 31.9 Å². The maximum absolute atomic E-state index is 12.2. The summed E-state index contributed by atoms with van der Waals surface area (Å²) in [7, 11) is 0. The lowest BCUT2D eigenvalue weighted by Gasteiger charge is -2.34. The molecule has 1 heterocycles. The van der Waals surface area contributed by atoms with E-state index in [0.717, 1.165) is 12.0 Å². The zero-order valence-corrected chi connectivity index (χ0v) is 11.8. The van der Waals surface area contributed by atoms with Gasteiger partial charge in [0.25, 0.3) is 0 Å². The van der Waals surface area contributed by atoms with Crippen molar-refractivity contribution in [1.82, 2.24) is 4.90 Å². The molecule has 2 rings (SSSR count). The van der Waals surface area contributed by atoms with Gasteiger partial charge in [0, 0.05) is 6.54 Å². The summed E-state index contributed by atoms with van der Waals surface area (Å²) in [4.78, 5) is 14.0. The van der Waals surface area contributed by atoms with E-state index in [0.29, 0.717) is 26.1 Å². The van der Waals surface area contributed by atoms with Crippen LogP contribution in [0.3, 0.4) is 0 Å². The number of ether oxygens (including phenoxy) is 1. The number of morpholine rings is 1. The van der Waals surface area contributed by atoms with Crippen molar-refractivity contribution in [2.24, 2.45) is 5.73 Å². The Hall–Kier alpha value is -1.59. The van der Waals surface area contributed by atoms with Crippen LogP contribution in [0.4, 0.5) is 0 Å². The van der Waals surface area contributed by atoms with Gasteiger partial charge in [-0.3, -0.25) is 4.79 Å². The van der Waals surface area contributed by atoms with E-state index in [1.807, 2.05) is 13.0 Å². The molecule has 0 aromatic heterocycles. The molecule has 1 aromatic carbocycles. The SMILES string of the molecule is CCCC(N)C(=O)N1CCOC(c2cccc(O)c2)C1. The monoisotopic (exact) mass is 278 g/mol. The number of rotatable bonds is 4. The van der Waals surface area contributed by atoms with Gasteiger partial charge in [0.05, 0.1) is 19.2 Å². The molecule has 1 amide bonds. The van der Waals surface area contributed by atoms with Gasteiger partial charge in [-0.05, 0) is 24.1 Å². The summed E-state index contributed by atoms with van der Waals surface area (Å²) in [6.45, 7) is 3.57. The van der Waals surface area contributed by atoms with E-state index < -0.39 is 6.04 Å². The van der Waals surface area contributed by atoms with Crippen LogP contribution in [0, 0.1) is 0 Å². The molecule has 0 saturated carbocycles. The van der Waals surface area contributed by atoms with Gasteiger partial charge in [-0.25, -0.2) is 0 Å². The predicted molar refractivity (Wildman–Crippen MR) is 76.3 cm³/mol. The van der Waals surface area contributed by atoms with Gasteiger partial charge < -0.3 is 20.5 Å². The second kappa shape index (κ2) is 6.72. The number of phenolic OH excluding ortho intramolecular Hbond substituents is 1. The molecule has 0 radical (unpaired) electrons. The van der Waals surface area contributed by atoms with Crippen LogP contribution in [0.5, 0.6) is 5.75 Å². The molecule has 5 heteroatoms. The van der Waals surface area contributed by atoms with Crippen LogP contribution in [0.25, 0.3) is 0 Å². The molecule has 20 heavy (non-hydrogen) atoms. The van der Waals surface area contributed by atoms with E-state index in [-0.39, 0.29) is 17.8 Å². The number of nitrogens with two attached hydrogens (primary N) is 1. The Labute approximate surface area is 119 Å². The number of phenols is 1. The first-order valence-electron chi connectivity index (χ1n) is 7.06. The fraction of sp³-hybridized carbons (Fsp3) is 0.533. The summed E-state index contributed by atoms with van der Waals surface area (Å²) in [5.74, 6) is 0.192. The van der Waals surface area contributed by atoms with Crippen LogP contribution in [0.15, 0.2) is 24.3 Å². The molecule has 110 valence electrons. The van der Waals surface area contributed by atoms with Gasteiger partial charge in [-0.15, -0.1) is 0 Å². The normalized spacial score (nSPS) is 20.7. The summed E-state index contributed by atoms with van der Waals surface area (Å²) in [5, 5.41) is 9.52. The van der Waals surface area contributed by atoms with Crippen molar-refractivity contribution in [3.05, 3.63) is 29.8 Å². The standard InChI is InChI=1S/C15H22N2O3/c1-2-4-13(16)15(19)17-7-8-20-14(10-17)11-5-3-6-12(18)9-11/h3,5-6,9,13-14,18H,2,4,7-8,10,16H2,1H3. The van der Waals surface area contributed by atoms with Crippen LogP contribution in [-0.2, 0) is 9.53 Å². The third-order valence-corrected chi connectivity index (χ3v) is 3.54. The van der Waals surface area contributed by atoms with E-state index in [9.17, 15) is 9.90 Å². The summed E-state index contributed by atoms with van der Waals surface area (Å²) >= 11 is 0. The topological polar surface area (TPSA) is 75.8 Å². The largest absolute Gasteiger partial charge is 0.508 e. The number of benzene rings is 1. The Morgan fingerprint density at radius 3 is 3.10 bits per heavy atom. The Balaban J connectivity index is 2.03. The van der Waals surface area contributed by atoms with E-state index in [2.05, 4.69) is 0 Å². The quantitative estimate of drug-likeness (QED) is 0.873. The minimum Gasteiger partial charge on any atom is -0.508 e. The molecule has 2 atom stereocenters. The van der Waals surface area contributed by atoms with Gasteiger partial charge >= 0.3 is 0 Å². The van der Waals surface area contributed by atoms with Crippen molar-refractivity contribution in [3.63, 3.8) is 0 Å². The smallest absolute Gasteiger partial charge is 0.239 e. The second-order valence-electron chi connectivity index (χ2n) is 5.13. The van der Waals surface area contributed by atoms with Crippen molar-refractivity contribution in [1.29, 1.82) is 0 Å². The number of nitrogens with zero attached hydrogens (tertiary/aromatic N) is 1. The van der Waals surface area contributed by atoms with Crippen LogP contribution < -0.4 is 5.73 Å². The number of amides is 1. The molecule has 1 aromatic rings. The first-order valence-corrected chi connectivity index (χ1v) is 7.06. The van der Waals surface area contributed by atoms with E-state index in [1.165, 1.54) is 0 Å². The van der Waals surface area contributed by atoms with Gasteiger partial charge in [0.2, 0.25) is 5.91 Å². The molecule has 0 aliphatic carbocycles. The first-order chi connectivity index (χ1) is 9.61. The fourth-order valence-electron chi connectivity index (χ4n) is 2.45. The maximum Gasteiger partial charge on any atom is 0.239 e. The van der Waals surface area contributed by atoms with Gasteiger partial charge in [0.1, 0.15) is 11.9 Å². The average molecular weight is 278 g/mol. The number of hydrogen-bond donors (Lipinski definition) is 2. The Kier molecular flexibility index (Phi) is 4.98. The zero-order chi connectivity index (χ0) is 14.5.